The zero-order chi connectivity index (χ0) is 13.1. The Bertz CT molecular complexity index is 656. The summed E-state index contributed by atoms with van der Waals surface area (Å²) in [7, 11) is 0. The van der Waals surface area contributed by atoms with E-state index in [1.807, 2.05) is 0 Å². The average Bonchev–Trinajstić information content (AvgIpc) is 2.38. The van der Waals surface area contributed by atoms with Crippen LogP contribution in [0.3, 0.4) is 0 Å². The first-order valence-corrected chi connectivity index (χ1v) is 5.66. The number of aryl methyl sites for hydroxylation is 1. The molecule has 2 rings (SSSR count). The molecule has 0 amide bonds. The number of rotatable bonds is 3. The molecule has 0 spiro atoms. The quantitative estimate of drug-likeness (QED) is 0.766. The lowest BCUT2D eigenvalue weighted by molar-refractivity contribution is 0.624. The highest BCUT2D eigenvalue weighted by molar-refractivity contribution is 5.16. The largest absolute Gasteiger partial charge is 0.316 e. The number of aromatic nitrogens is 2. The van der Waals surface area contributed by atoms with Crippen LogP contribution in [0.4, 0.5) is 4.39 Å². The molecule has 5 heteroatoms. The lowest BCUT2D eigenvalue weighted by Crippen LogP contribution is -2.40. The van der Waals surface area contributed by atoms with E-state index in [9.17, 15) is 14.0 Å². The van der Waals surface area contributed by atoms with E-state index in [0.717, 1.165) is 5.56 Å². The molecular formula is C13H13FN2O2. The molecule has 0 fully saturated rings. The van der Waals surface area contributed by atoms with E-state index in [2.05, 4.69) is 0 Å². The highest BCUT2D eigenvalue weighted by Gasteiger charge is 2.04. The lowest BCUT2D eigenvalue weighted by atomic mass is 10.2. The average molecular weight is 248 g/mol. The maximum absolute atomic E-state index is 12.7. The Hall–Kier alpha value is -2.17. The first kappa shape index (κ1) is 12.3. The number of nitrogens with zero attached hydrogens (tertiary/aromatic N) is 2. The molecule has 0 saturated carbocycles. The maximum Gasteiger partial charge on any atom is 0.316 e. The van der Waals surface area contributed by atoms with Crippen LogP contribution in [-0.2, 0) is 13.1 Å². The minimum atomic E-state index is -0.566. The van der Waals surface area contributed by atoms with Crippen molar-refractivity contribution in [2.45, 2.75) is 20.0 Å². The molecule has 0 aliphatic carbocycles. The van der Waals surface area contributed by atoms with Crippen LogP contribution in [0.25, 0.3) is 0 Å². The fourth-order valence-corrected chi connectivity index (χ4v) is 1.70. The van der Waals surface area contributed by atoms with Crippen molar-refractivity contribution in [2.75, 3.05) is 0 Å². The molecule has 0 N–H and O–H groups in total. The van der Waals surface area contributed by atoms with Gasteiger partial charge in [-0.05, 0) is 24.6 Å². The van der Waals surface area contributed by atoms with Gasteiger partial charge in [-0.2, -0.15) is 0 Å². The molecular weight excluding hydrogens is 235 g/mol. The van der Waals surface area contributed by atoms with Crippen molar-refractivity contribution in [1.82, 2.24) is 9.13 Å². The molecule has 0 aliphatic rings. The van der Waals surface area contributed by atoms with Crippen LogP contribution in [0, 0.1) is 5.82 Å². The molecule has 4 nitrogen and oxygen atoms in total. The fourth-order valence-electron chi connectivity index (χ4n) is 1.70. The standard InChI is InChI=1S/C13H13FN2O2/c1-2-15-7-8-16(13(18)12(15)17)9-10-3-5-11(14)6-4-10/h3-8H,2,9H2,1H3. The van der Waals surface area contributed by atoms with E-state index in [0.29, 0.717) is 6.54 Å². The Labute approximate surface area is 103 Å². The van der Waals surface area contributed by atoms with Gasteiger partial charge in [0.05, 0.1) is 6.54 Å². The highest BCUT2D eigenvalue weighted by atomic mass is 19.1. The van der Waals surface area contributed by atoms with Crippen LogP contribution < -0.4 is 11.1 Å². The van der Waals surface area contributed by atoms with Crippen LogP contribution in [0.2, 0.25) is 0 Å². The van der Waals surface area contributed by atoms with Crippen molar-refractivity contribution in [3.63, 3.8) is 0 Å². The van der Waals surface area contributed by atoms with Crippen molar-refractivity contribution in [1.29, 1.82) is 0 Å². The van der Waals surface area contributed by atoms with Crippen molar-refractivity contribution in [2.24, 2.45) is 0 Å². The SMILES string of the molecule is CCn1ccn(Cc2ccc(F)cc2)c(=O)c1=O. The van der Waals surface area contributed by atoms with Gasteiger partial charge in [-0.15, -0.1) is 0 Å². The van der Waals surface area contributed by atoms with Gasteiger partial charge in [-0.25, -0.2) is 4.39 Å². The third kappa shape index (κ3) is 2.40. The number of hydrogen-bond acceptors (Lipinski definition) is 2. The highest BCUT2D eigenvalue weighted by Crippen LogP contribution is 2.03. The van der Waals surface area contributed by atoms with Crippen LogP contribution >= 0.6 is 0 Å². The summed E-state index contributed by atoms with van der Waals surface area (Å²) < 4.78 is 15.4. The first-order chi connectivity index (χ1) is 8.61. The van der Waals surface area contributed by atoms with E-state index in [-0.39, 0.29) is 12.4 Å². The second kappa shape index (κ2) is 5.00. The van der Waals surface area contributed by atoms with E-state index < -0.39 is 11.1 Å². The summed E-state index contributed by atoms with van der Waals surface area (Å²) in [6.45, 7) is 2.52. The number of hydrogen-bond donors (Lipinski definition) is 0. The monoisotopic (exact) mass is 248 g/mol. The van der Waals surface area contributed by atoms with Gasteiger partial charge in [0.15, 0.2) is 0 Å². The van der Waals surface area contributed by atoms with Crippen LogP contribution in [0.5, 0.6) is 0 Å². The van der Waals surface area contributed by atoms with Gasteiger partial charge < -0.3 is 9.13 Å². The number of halogens is 1. The molecule has 1 aromatic heterocycles. The van der Waals surface area contributed by atoms with E-state index in [4.69, 9.17) is 0 Å². The normalized spacial score (nSPS) is 10.6. The molecule has 18 heavy (non-hydrogen) atoms. The van der Waals surface area contributed by atoms with E-state index in [1.165, 1.54) is 21.3 Å². The van der Waals surface area contributed by atoms with E-state index >= 15 is 0 Å². The summed E-state index contributed by atoms with van der Waals surface area (Å²) in [4.78, 5) is 23.4. The summed E-state index contributed by atoms with van der Waals surface area (Å²) in [6, 6.07) is 5.83. The van der Waals surface area contributed by atoms with Crippen LogP contribution in [-0.4, -0.2) is 9.13 Å². The van der Waals surface area contributed by atoms with Crippen LogP contribution in [0.1, 0.15) is 12.5 Å². The lowest BCUT2D eigenvalue weighted by Gasteiger charge is -2.07. The van der Waals surface area contributed by atoms with Crippen LogP contribution in [0.15, 0.2) is 46.2 Å². The van der Waals surface area contributed by atoms with Gasteiger partial charge in [0, 0.05) is 18.9 Å². The fraction of sp³-hybridized carbons (Fsp3) is 0.231. The Morgan fingerprint density at radius 3 is 2.17 bits per heavy atom. The molecule has 0 bridgehead atoms. The predicted molar refractivity (Wildman–Crippen MR) is 66.1 cm³/mol. The summed E-state index contributed by atoms with van der Waals surface area (Å²) >= 11 is 0. The molecule has 0 radical (unpaired) electrons. The van der Waals surface area contributed by atoms with Gasteiger partial charge in [0.1, 0.15) is 5.82 Å². The molecule has 0 aliphatic heterocycles. The zero-order valence-corrected chi connectivity index (χ0v) is 9.97. The predicted octanol–water partition coefficient (Wildman–Crippen LogP) is 1.22. The van der Waals surface area contributed by atoms with Gasteiger partial charge in [0.2, 0.25) is 0 Å². The number of benzene rings is 1. The Morgan fingerprint density at radius 1 is 1.00 bits per heavy atom. The van der Waals surface area contributed by atoms with Crippen molar-refractivity contribution in [3.05, 3.63) is 68.7 Å². The Balaban J connectivity index is 2.36. The van der Waals surface area contributed by atoms with Gasteiger partial charge in [-0.1, -0.05) is 12.1 Å². The Kier molecular flexibility index (Phi) is 3.41. The second-order valence-electron chi connectivity index (χ2n) is 3.95. The van der Waals surface area contributed by atoms with Crippen molar-refractivity contribution < 1.29 is 4.39 Å². The van der Waals surface area contributed by atoms with Crippen molar-refractivity contribution in [3.8, 4) is 0 Å². The minimum absolute atomic E-state index is 0.263. The van der Waals surface area contributed by atoms with Gasteiger partial charge in [-0.3, -0.25) is 9.59 Å². The first-order valence-electron chi connectivity index (χ1n) is 5.66. The van der Waals surface area contributed by atoms with Crippen molar-refractivity contribution >= 4 is 0 Å². The third-order valence-corrected chi connectivity index (χ3v) is 2.74. The second-order valence-corrected chi connectivity index (χ2v) is 3.95. The topological polar surface area (TPSA) is 44.0 Å². The molecule has 0 atom stereocenters. The Morgan fingerprint density at radius 2 is 1.56 bits per heavy atom. The smallest absolute Gasteiger partial charge is 0.310 e. The zero-order valence-electron chi connectivity index (χ0n) is 9.97. The summed E-state index contributed by atoms with van der Waals surface area (Å²) in [5, 5.41) is 0. The molecule has 94 valence electrons. The third-order valence-electron chi connectivity index (χ3n) is 2.74. The molecule has 1 aromatic carbocycles. The molecule has 0 unspecified atom stereocenters. The van der Waals surface area contributed by atoms with Gasteiger partial charge >= 0.3 is 11.1 Å². The summed E-state index contributed by atoms with van der Waals surface area (Å²) in [5.74, 6) is -0.326. The molecule has 2 aromatic rings. The summed E-state index contributed by atoms with van der Waals surface area (Å²) in [6.07, 6.45) is 3.14. The molecule has 1 heterocycles. The minimum Gasteiger partial charge on any atom is -0.310 e. The van der Waals surface area contributed by atoms with E-state index in [1.54, 1.807) is 31.5 Å². The maximum atomic E-state index is 12.7. The molecule has 0 saturated heterocycles. The summed E-state index contributed by atoms with van der Waals surface area (Å²) in [5.41, 5.74) is -0.335. The van der Waals surface area contributed by atoms with Gasteiger partial charge in [0.25, 0.3) is 0 Å².